The van der Waals surface area contributed by atoms with E-state index in [0.29, 0.717) is 68.4 Å². The molecule has 0 amide bonds. The molecule has 252 valence electrons. The zero-order valence-corrected chi connectivity index (χ0v) is 30.0. The van der Waals surface area contributed by atoms with Gasteiger partial charge in [-0.05, 0) is 67.1 Å². The monoisotopic (exact) mass is 733 g/mol. The van der Waals surface area contributed by atoms with Crippen LogP contribution in [0.4, 0.5) is 28.8 Å². The van der Waals surface area contributed by atoms with Gasteiger partial charge in [0, 0.05) is 75.5 Å². The highest BCUT2D eigenvalue weighted by molar-refractivity contribution is 9.10. The Hall–Kier alpha value is -3.51. The molecule has 3 fully saturated rings. The molecular formula is C34H41BrN9O3P. The fraction of sp³-hybridized carbons (Fsp3) is 0.471. The van der Waals surface area contributed by atoms with Crippen LogP contribution in [0.2, 0.25) is 0 Å². The summed E-state index contributed by atoms with van der Waals surface area (Å²) in [6, 6.07) is 9.59. The molecule has 2 saturated heterocycles. The van der Waals surface area contributed by atoms with E-state index in [2.05, 4.69) is 62.3 Å². The van der Waals surface area contributed by atoms with Crippen molar-refractivity contribution in [1.82, 2.24) is 29.7 Å². The highest BCUT2D eigenvalue weighted by Crippen LogP contribution is 2.45. The summed E-state index contributed by atoms with van der Waals surface area (Å²) in [6.45, 7) is 9.91. The van der Waals surface area contributed by atoms with E-state index in [1.807, 2.05) is 18.2 Å². The van der Waals surface area contributed by atoms with Crippen molar-refractivity contribution < 1.29 is 14.0 Å². The van der Waals surface area contributed by atoms with Gasteiger partial charge in [-0.2, -0.15) is 4.98 Å². The number of fused-ring (bicyclic) bond motifs is 4. The molecule has 1 aliphatic carbocycles. The summed E-state index contributed by atoms with van der Waals surface area (Å²) in [6.07, 6.45) is 9.97. The van der Waals surface area contributed by atoms with Crippen molar-refractivity contribution in [2.75, 3.05) is 75.3 Å². The fourth-order valence-electron chi connectivity index (χ4n) is 7.52. The summed E-state index contributed by atoms with van der Waals surface area (Å²) in [7, 11) is -1.07. The van der Waals surface area contributed by atoms with Gasteiger partial charge < -0.3 is 29.6 Å². The molecule has 12 nitrogen and oxygen atoms in total. The van der Waals surface area contributed by atoms with Gasteiger partial charge in [-0.1, -0.05) is 0 Å². The maximum Gasteiger partial charge on any atom is 0.229 e. The lowest BCUT2D eigenvalue weighted by atomic mass is 9.93. The van der Waals surface area contributed by atoms with Gasteiger partial charge in [-0.3, -0.25) is 19.8 Å². The molecular weight excluding hydrogens is 693 g/mol. The van der Waals surface area contributed by atoms with Crippen molar-refractivity contribution in [2.45, 2.75) is 43.8 Å². The first-order chi connectivity index (χ1) is 23.2. The number of ether oxygens (including phenoxy) is 2. The van der Waals surface area contributed by atoms with Crippen molar-refractivity contribution in [2.24, 2.45) is 0 Å². The zero-order chi connectivity index (χ0) is 33.0. The number of nitrogens with one attached hydrogen (secondary N) is 2. The number of rotatable bonds is 8. The van der Waals surface area contributed by atoms with Crippen molar-refractivity contribution >= 4 is 68.2 Å². The third kappa shape index (κ3) is 6.21. The van der Waals surface area contributed by atoms with Gasteiger partial charge in [0.1, 0.15) is 36.6 Å². The summed E-state index contributed by atoms with van der Waals surface area (Å²) in [4.78, 5) is 26.1. The molecule has 2 aromatic heterocycles. The van der Waals surface area contributed by atoms with Crippen molar-refractivity contribution in [3.05, 3.63) is 47.3 Å². The van der Waals surface area contributed by atoms with Crippen LogP contribution in [-0.4, -0.2) is 108 Å². The van der Waals surface area contributed by atoms with E-state index in [4.69, 9.17) is 14.5 Å². The van der Waals surface area contributed by atoms with Gasteiger partial charge in [-0.15, -0.1) is 0 Å². The van der Waals surface area contributed by atoms with E-state index in [9.17, 15) is 4.57 Å². The lowest BCUT2D eigenvalue weighted by Crippen LogP contribution is -2.57. The second kappa shape index (κ2) is 12.7. The number of piperazine rings is 1. The largest absolute Gasteiger partial charge is 0.494 e. The van der Waals surface area contributed by atoms with Crippen molar-refractivity contribution in [3.63, 3.8) is 0 Å². The zero-order valence-electron chi connectivity index (χ0n) is 27.5. The summed E-state index contributed by atoms with van der Waals surface area (Å²) < 4.78 is 26.4. The number of aromatic nitrogens is 4. The predicted molar refractivity (Wildman–Crippen MR) is 194 cm³/mol. The van der Waals surface area contributed by atoms with Gasteiger partial charge in [0.05, 0.1) is 45.5 Å². The second-order valence-corrected chi connectivity index (χ2v) is 17.5. The van der Waals surface area contributed by atoms with E-state index in [0.717, 1.165) is 36.9 Å². The SMILES string of the molecule is COc1cc2c(cc1Nc1ncc(Br)c(Nc3ccc4nccnc4c3P(C)(C)=O)n1)OC[C@H]1C[C@@H](N3CCN(C4CC4)CC3)CCN21. The highest BCUT2D eigenvalue weighted by atomic mass is 79.9. The summed E-state index contributed by atoms with van der Waals surface area (Å²) in [5, 5.41) is 7.34. The van der Waals surface area contributed by atoms with Gasteiger partial charge in [0.2, 0.25) is 5.95 Å². The van der Waals surface area contributed by atoms with Crippen LogP contribution in [0.25, 0.3) is 11.0 Å². The summed E-state index contributed by atoms with van der Waals surface area (Å²) in [5.41, 5.74) is 3.72. The number of piperidine rings is 1. The number of anilines is 5. The molecule has 14 heteroatoms. The molecule has 1 saturated carbocycles. The first kappa shape index (κ1) is 31.7. The standard InChI is InChI=1S/C34H41BrN9O3P/c1-46-29-18-28-30(47-20-23-16-22(8-11-44(23)28)43-14-12-42(13-15-43)21-4-5-21)17-27(29)40-34-38-19-24(35)33(41-34)39-26-7-6-25-31(37-10-9-36-25)32(26)48(2,3)45/h6-7,9-10,17-19,21-23H,4-5,8,11-16,20H2,1-3H3,(H2,38,39,40,41)/t22-,23+/m0/s1. The maximum atomic E-state index is 13.4. The fourth-order valence-corrected chi connectivity index (χ4v) is 9.20. The predicted octanol–water partition coefficient (Wildman–Crippen LogP) is 5.44. The molecule has 5 heterocycles. The van der Waals surface area contributed by atoms with Gasteiger partial charge in [0.25, 0.3) is 0 Å². The van der Waals surface area contributed by atoms with Crippen LogP contribution >= 0.6 is 23.1 Å². The smallest absolute Gasteiger partial charge is 0.229 e. The Labute approximate surface area is 289 Å². The second-order valence-electron chi connectivity index (χ2n) is 13.5. The van der Waals surface area contributed by atoms with Crippen LogP contribution in [-0.2, 0) is 4.57 Å². The Morgan fingerprint density at radius 2 is 1.69 bits per heavy atom. The quantitative estimate of drug-likeness (QED) is 0.225. The average molecular weight is 735 g/mol. The summed E-state index contributed by atoms with van der Waals surface area (Å²) in [5.74, 6) is 2.39. The lowest BCUT2D eigenvalue weighted by molar-refractivity contribution is 0.0684. The van der Waals surface area contributed by atoms with E-state index in [-0.39, 0.29) is 0 Å². The van der Waals surface area contributed by atoms with Crippen LogP contribution in [0, 0.1) is 0 Å². The van der Waals surface area contributed by atoms with Crippen LogP contribution in [0.15, 0.2) is 47.3 Å². The minimum absolute atomic E-state index is 0.345. The summed E-state index contributed by atoms with van der Waals surface area (Å²) >= 11 is 3.58. The van der Waals surface area contributed by atoms with E-state index < -0.39 is 7.14 Å². The molecule has 0 radical (unpaired) electrons. The molecule has 48 heavy (non-hydrogen) atoms. The highest BCUT2D eigenvalue weighted by Gasteiger charge is 2.39. The molecule has 0 unspecified atom stereocenters. The molecule has 4 aliphatic rings. The van der Waals surface area contributed by atoms with Crippen LogP contribution in [0.5, 0.6) is 11.5 Å². The molecule has 2 N–H and O–H groups in total. The van der Waals surface area contributed by atoms with Crippen molar-refractivity contribution in [1.29, 1.82) is 0 Å². The molecule has 2 atom stereocenters. The van der Waals surface area contributed by atoms with Crippen LogP contribution in [0.1, 0.15) is 25.7 Å². The number of methoxy groups -OCH3 is 1. The minimum atomic E-state index is -2.75. The molecule has 3 aliphatic heterocycles. The normalized spacial score (nSPS) is 21.7. The number of benzene rings is 2. The van der Waals surface area contributed by atoms with E-state index in [1.165, 1.54) is 39.0 Å². The maximum absolute atomic E-state index is 13.4. The molecule has 4 aromatic rings. The third-order valence-corrected chi connectivity index (χ3v) is 12.1. The van der Waals surface area contributed by atoms with E-state index in [1.54, 1.807) is 39.0 Å². The van der Waals surface area contributed by atoms with Gasteiger partial charge in [-0.25, -0.2) is 4.98 Å². The van der Waals surface area contributed by atoms with E-state index >= 15 is 0 Å². The first-order valence-corrected chi connectivity index (χ1v) is 20.1. The number of hydrogen-bond acceptors (Lipinski definition) is 12. The number of halogens is 1. The van der Waals surface area contributed by atoms with Crippen molar-refractivity contribution in [3.8, 4) is 11.5 Å². The van der Waals surface area contributed by atoms with Gasteiger partial charge in [0.15, 0.2) is 0 Å². The number of nitrogens with zero attached hydrogens (tertiary/aromatic N) is 7. The van der Waals surface area contributed by atoms with Crippen LogP contribution < -0.4 is 30.3 Å². The minimum Gasteiger partial charge on any atom is -0.494 e. The molecule has 2 aromatic carbocycles. The Balaban J connectivity index is 1.00. The molecule has 8 rings (SSSR count). The van der Waals surface area contributed by atoms with Crippen LogP contribution in [0.3, 0.4) is 0 Å². The van der Waals surface area contributed by atoms with Gasteiger partial charge >= 0.3 is 0 Å². The Bertz CT molecular complexity index is 1900. The Kier molecular flexibility index (Phi) is 8.43. The Morgan fingerprint density at radius 1 is 0.917 bits per heavy atom. The third-order valence-electron chi connectivity index (χ3n) is 10.0. The average Bonchev–Trinajstić information content (AvgIpc) is 3.94. The first-order valence-electron chi connectivity index (χ1n) is 16.7. The lowest BCUT2D eigenvalue weighted by Gasteiger charge is -2.48. The molecule has 0 spiro atoms. The molecule has 0 bridgehead atoms. The topological polar surface area (TPSA) is 121 Å². The Morgan fingerprint density at radius 3 is 2.44 bits per heavy atom. The number of hydrogen-bond donors (Lipinski definition) is 2.